The van der Waals surface area contributed by atoms with E-state index >= 15 is 0 Å². The van der Waals surface area contributed by atoms with Crippen LogP contribution in [0.15, 0.2) is 0 Å². The van der Waals surface area contributed by atoms with Gasteiger partial charge < -0.3 is 9.47 Å². The highest BCUT2D eigenvalue weighted by molar-refractivity contribution is 5.69. The molecule has 0 rings (SSSR count). The zero-order chi connectivity index (χ0) is 8.53. The topological polar surface area (TPSA) is 35.5 Å². The molecule has 0 unspecified atom stereocenters. The van der Waals surface area contributed by atoms with Crippen LogP contribution in [0.2, 0.25) is 0 Å². The normalized spacial score (nSPS) is 9.64. The maximum absolute atomic E-state index is 10.8. The van der Waals surface area contributed by atoms with E-state index in [9.17, 15) is 4.79 Å². The second-order valence-electron chi connectivity index (χ2n) is 2.23. The molecule has 66 valence electrons. The van der Waals surface area contributed by atoms with E-state index in [1.165, 1.54) is 0 Å². The fourth-order valence-corrected chi connectivity index (χ4v) is 0.584. The van der Waals surface area contributed by atoms with Crippen molar-refractivity contribution in [1.29, 1.82) is 0 Å². The second kappa shape index (κ2) is 7.54. The first-order chi connectivity index (χ1) is 5.31. The van der Waals surface area contributed by atoms with Crippen LogP contribution < -0.4 is 0 Å². The predicted molar refractivity (Wildman–Crippen MR) is 42.1 cm³/mol. The lowest BCUT2D eigenvalue weighted by atomic mass is 10.3. The fraction of sp³-hybridized carbons (Fsp3) is 0.875. The lowest BCUT2D eigenvalue weighted by Crippen LogP contribution is -2.07. The minimum Gasteiger partial charge on any atom is -0.438 e. The van der Waals surface area contributed by atoms with Gasteiger partial charge in [0.05, 0.1) is 0 Å². The number of hydrogen-bond donors (Lipinski definition) is 0. The maximum atomic E-state index is 10.8. The summed E-state index contributed by atoms with van der Waals surface area (Å²) >= 11 is 0. The van der Waals surface area contributed by atoms with E-state index in [1.54, 1.807) is 0 Å². The first kappa shape index (κ1) is 10.4. The van der Waals surface area contributed by atoms with E-state index in [2.05, 4.69) is 0 Å². The first-order valence-electron chi connectivity index (χ1n) is 4.04. The smallest absolute Gasteiger partial charge is 0.307 e. The molecule has 0 radical (unpaired) electrons. The van der Waals surface area contributed by atoms with Crippen LogP contribution in [0, 0.1) is 0 Å². The van der Waals surface area contributed by atoms with Gasteiger partial charge in [-0.15, -0.1) is 0 Å². The summed E-state index contributed by atoms with van der Waals surface area (Å²) in [5.41, 5.74) is 0. The number of unbranched alkanes of at least 4 members (excludes halogenated alkanes) is 1. The maximum Gasteiger partial charge on any atom is 0.307 e. The summed E-state index contributed by atoms with van der Waals surface area (Å²) in [4.78, 5) is 10.8. The number of ether oxygens (including phenoxy) is 2. The molecule has 0 atom stereocenters. The van der Waals surface area contributed by atoms with E-state index in [0.717, 1.165) is 12.8 Å². The number of hydrogen-bond acceptors (Lipinski definition) is 3. The Hall–Kier alpha value is -0.570. The van der Waals surface area contributed by atoms with E-state index < -0.39 is 0 Å². The Balaban J connectivity index is 3.09. The van der Waals surface area contributed by atoms with Crippen molar-refractivity contribution in [3.8, 4) is 0 Å². The monoisotopic (exact) mass is 160 g/mol. The third kappa shape index (κ3) is 7.33. The van der Waals surface area contributed by atoms with Gasteiger partial charge in [0.15, 0.2) is 6.79 Å². The predicted octanol–water partition coefficient (Wildman–Crippen LogP) is 1.71. The molecule has 0 fully saturated rings. The molecule has 0 aromatic rings. The molecule has 0 aliphatic heterocycles. The van der Waals surface area contributed by atoms with Gasteiger partial charge in [-0.05, 0) is 13.3 Å². The van der Waals surface area contributed by atoms with Gasteiger partial charge in [0.25, 0.3) is 0 Å². The van der Waals surface area contributed by atoms with Crippen molar-refractivity contribution in [3.63, 3.8) is 0 Å². The molecule has 0 N–H and O–H groups in total. The Morgan fingerprint density at radius 3 is 2.64 bits per heavy atom. The highest BCUT2D eigenvalue weighted by Gasteiger charge is 1.99. The highest BCUT2D eigenvalue weighted by atomic mass is 16.7. The highest BCUT2D eigenvalue weighted by Crippen LogP contribution is 1.95. The molecule has 0 amide bonds. The Labute approximate surface area is 67.7 Å². The number of esters is 1. The van der Waals surface area contributed by atoms with E-state index in [0.29, 0.717) is 13.0 Å². The van der Waals surface area contributed by atoms with Crippen LogP contribution in [0.4, 0.5) is 0 Å². The van der Waals surface area contributed by atoms with Crippen LogP contribution in [0.1, 0.15) is 33.1 Å². The molecule has 11 heavy (non-hydrogen) atoms. The summed E-state index contributed by atoms with van der Waals surface area (Å²) in [6.07, 6.45) is 2.41. The van der Waals surface area contributed by atoms with E-state index in [1.807, 2.05) is 13.8 Å². The van der Waals surface area contributed by atoms with Crippen LogP contribution in [0.25, 0.3) is 0 Å². The summed E-state index contributed by atoms with van der Waals surface area (Å²) in [7, 11) is 0. The van der Waals surface area contributed by atoms with Crippen LogP contribution in [-0.2, 0) is 14.3 Å². The largest absolute Gasteiger partial charge is 0.438 e. The van der Waals surface area contributed by atoms with Crippen LogP contribution in [0.5, 0.6) is 0 Å². The molecule has 0 aromatic heterocycles. The van der Waals surface area contributed by atoms with Gasteiger partial charge in [0, 0.05) is 13.0 Å². The zero-order valence-corrected chi connectivity index (χ0v) is 7.26. The van der Waals surface area contributed by atoms with Gasteiger partial charge in [-0.1, -0.05) is 13.3 Å². The number of rotatable bonds is 6. The Kier molecular flexibility index (Phi) is 7.15. The quantitative estimate of drug-likeness (QED) is 0.337. The second-order valence-corrected chi connectivity index (χ2v) is 2.23. The van der Waals surface area contributed by atoms with Crippen molar-refractivity contribution >= 4 is 5.97 Å². The third-order valence-corrected chi connectivity index (χ3v) is 1.24. The Bertz CT molecular complexity index is 102. The molecule has 0 bridgehead atoms. The van der Waals surface area contributed by atoms with Crippen molar-refractivity contribution in [2.75, 3.05) is 13.4 Å². The van der Waals surface area contributed by atoms with Crippen LogP contribution in [-0.4, -0.2) is 19.4 Å². The Morgan fingerprint density at radius 2 is 2.09 bits per heavy atom. The zero-order valence-electron chi connectivity index (χ0n) is 7.26. The fourth-order valence-electron chi connectivity index (χ4n) is 0.584. The number of carbonyl (C=O) groups excluding carboxylic acids is 1. The molecular weight excluding hydrogens is 144 g/mol. The lowest BCUT2D eigenvalue weighted by molar-refractivity contribution is -0.155. The van der Waals surface area contributed by atoms with Crippen LogP contribution >= 0.6 is 0 Å². The van der Waals surface area contributed by atoms with Crippen LogP contribution in [0.3, 0.4) is 0 Å². The molecule has 0 aliphatic rings. The van der Waals surface area contributed by atoms with Crippen molar-refractivity contribution in [2.45, 2.75) is 33.1 Å². The molecule has 3 heteroatoms. The van der Waals surface area contributed by atoms with Gasteiger partial charge in [-0.3, -0.25) is 4.79 Å². The van der Waals surface area contributed by atoms with Gasteiger partial charge in [-0.25, -0.2) is 0 Å². The molecule has 0 saturated heterocycles. The minimum atomic E-state index is -0.166. The van der Waals surface area contributed by atoms with Crippen molar-refractivity contribution in [1.82, 2.24) is 0 Å². The van der Waals surface area contributed by atoms with E-state index in [4.69, 9.17) is 9.47 Å². The SMILES string of the molecule is CCCCC(=O)OCOCC. The molecule has 0 aliphatic carbocycles. The molecule has 0 spiro atoms. The minimum absolute atomic E-state index is 0.0963. The molecule has 0 aromatic carbocycles. The van der Waals surface area contributed by atoms with Crippen molar-refractivity contribution < 1.29 is 14.3 Å². The molecule has 0 heterocycles. The summed E-state index contributed by atoms with van der Waals surface area (Å²) < 4.78 is 9.56. The third-order valence-electron chi connectivity index (χ3n) is 1.24. The first-order valence-corrected chi connectivity index (χ1v) is 4.04. The van der Waals surface area contributed by atoms with Crippen molar-refractivity contribution in [2.24, 2.45) is 0 Å². The number of carbonyl (C=O) groups is 1. The van der Waals surface area contributed by atoms with Gasteiger partial charge in [0.1, 0.15) is 0 Å². The summed E-state index contributed by atoms with van der Waals surface area (Å²) in [6.45, 7) is 4.58. The average molecular weight is 160 g/mol. The molecule has 3 nitrogen and oxygen atoms in total. The van der Waals surface area contributed by atoms with Gasteiger partial charge >= 0.3 is 5.97 Å². The summed E-state index contributed by atoms with van der Waals surface area (Å²) in [5, 5.41) is 0. The van der Waals surface area contributed by atoms with Crippen molar-refractivity contribution in [3.05, 3.63) is 0 Å². The van der Waals surface area contributed by atoms with Gasteiger partial charge in [0.2, 0.25) is 0 Å². The molecular formula is C8H16O3. The van der Waals surface area contributed by atoms with E-state index in [-0.39, 0.29) is 12.8 Å². The van der Waals surface area contributed by atoms with Gasteiger partial charge in [-0.2, -0.15) is 0 Å². The standard InChI is InChI=1S/C8H16O3/c1-3-5-6-8(9)11-7-10-4-2/h3-7H2,1-2H3. The summed E-state index contributed by atoms with van der Waals surface area (Å²) in [5.74, 6) is -0.166. The molecule has 0 saturated carbocycles. The average Bonchev–Trinajstić information content (AvgIpc) is 2.01. The lowest BCUT2D eigenvalue weighted by Gasteiger charge is -2.02. The summed E-state index contributed by atoms with van der Waals surface area (Å²) in [6, 6.07) is 0. The Morgan fingerprint density at radius 1 is 1.36 bits per heavy atom.